The summed E-state index contributed by atoms with van der Waals surface area (Å²) in [5.74, 6) is 1.31. The van der Waals surface area contributed by atoms with Gasteiger partial charge in [0, 0.05) is 17.3 Å². The van der Waals surface area contributed by atoms with E-state index in [9.17, 15) is 4.79 Å². The molecule has 3 aromatic rings. The van der Waals surface area contributed by atoms with Gasteiger partial charge in [-0.15, -0.1) is 0 Å². The average Bonchev–Trinajstić information content (AvgIpc) is 2.76. The van der Waals surface area contributed by atoms with Crippen molar-refractivity contribution >= 4 is 22.4 Å². The standard InChI is InChI=1S/C26H30N2O2/c1-5-18(4)28-25(27-22-13-9-8-12-21(22)26(28)29)24-20-11-7-6-10-19(20)14-15-23(24)30-16-17(2)3/h6-15,17-18,25,27H,5,16H2,1-4H3. The van der Waals surface area contributed by atoms with Gasteiger partial charge in [0.1, 0.15) is 11.9 Å². The third-order valence-electron chi connectivity index (χ3n) is 5.80. The summed E-state index contributed by atoms with van der Waals surface area (Å²) >= 11 is 0. The maximum atomic E-state index is 13.6. The van der Waals surface area contributed by atoms with E-state index < -0.39 is 0 Å². The molecule has 30 heavy (non-hydrogen) atoms. The number of nitrogens with one attached hydrogen (secondary N) is 1. The monoisotopic (exact) mass is 402 g/mol. The van der Waals surface area contributed by atoms with Gasteiger partial charge < -0.3 is 15.0 Å². The second-order valence-corrected chi connectivity index (χ2v) is 8.47. The van der Waals surface area contributed by atoms with Crippen molar-refractivity contribution < 1.29 is 9.53 Å². The number of rotatable bonds is 6. The molecule has 0 bridgehead atoms. The van der Waals surface area contributed by atoms with Crippen molar-refractivity contribution in [2.45, 2.75) is 46.3 Å². The number of amides is 1. The summed E-state index contributed by atoms with van der Waals surface area (Å²) in [6.07, 6.45) is 0.578. The van der Waals surface area contributed by atoms with Gasteiger partial charge in [-0.3, -0.25) is 4.79 Å². The molecule has 1 N–H and O–H groups in total. The van der Waals surface area contributed by atoms with Crippen molar-refractivity contribution in [1.29, 1.82) is 0 Å². The number of para-hydroxylation sites is 1. The highest BCUT2D eigenvalue weighted by Crippen LogP contribution is 2.41. The number of hydrogen-bond acceptors (Lipinski definition) is 3. The van der Waals surface area contributed by atoms with E-state index in [4.69, 9.17) is 4.74 Å². The van der Waals surface area contributed by atoms with Gasteiger partial charge in [-0.2, -0.15) is 0 Å². The van der Waals surface area contributed by atoms with E-state index in [0.717, 1.165) is 39.8 Å². The Hall–Kier alpha value is -3.01. The molecule has 0 saturated carbocycles. The first-order chi connectivity index (χ1) is 14.5. The largest absolute Gasteiger partial charge is 0.493 e. The molecule has 2 unspecified atom stereocenters. The lowest BCUT2D eigenvalue weighted by Gasteiger charge is -2.42. The topological polar surface area (TPSA) is 41.6 Å². The number of nitrogens with zero attached hydrogens (tertiary/aromatic N) is 1. The predicted molar refractivity (Wildman–Crippen MR) is 123 cm³/mol. The molecule has 0 aliphatic carbocycles. The van der Waals surface area contributed by atoms with Gasteiger partial charge in [-0.1, -0.05) is 63.2 Å². The van der Waals surface area contributed by atoms with Crippen LogP contribution in [0.4, 0.5) is 5.69 Å². The zero-order chi connectivity index (χ0) is 21.3. The summed E-state index contributed by atoms with van der Waals surface area (Å²) in [7, 11) is 0. The van der Waals surface area contributed by atoms with Gasteiger partial charge in [0.15, 0.2) is 0 Å². The Bertz CT molecular complexity index is 1060. The summed E-state index contributed by atoms with van der Waals surface area (Å²) in [5.41, 5.74) is 2.62. The maximum absolute atomic E-state index is 13.6. The van der Waals surface area contributed by atoms with E-state index in [1.807, 2.05) is 47.4 Å². The molecule has 0 fully saturated rings. The Morgan fingerprint density at radius 2 is 1.73 bits per heavy atom. The van der Waals surface area contributed by atoms with Crippen molar-refractivity contribution in [2.75, 3.05) is 11.9 Å². The minimum absolute atomic E-state index is 0.0615. The van der Waals surface area contributed by atoms with E-state index in [1.165, 1.54) is 0 Å². The van der Waals surface area contributed by atoms with Crippen molar-refractivity contribution in [2.24, 2.45) is 5.92 Å². The third-order valence-corrected chi connectivity index (χ3v) is 5.80. The van der Waals surface area contributed by atoms with Crippen molar-refractivity contribution in [3.63, 3.8) is 0 Å². The Balaban J connectivity index is 1.92. The molecule has 0 radical (unpaired) electrons. The summed E-state index contributed by atoms with van der Waals surface area (Å²) in [5, 5.41) is 5.90. The molecular weight excluding hydrogens is 372 g/mol. The van der Waals surface area contributed by atoms with Crippen LogP contribution in [0.5, 0.6) is 5.75 Å². The molecular formula is C26H30N2O2. The van der Waals surface area contributed by atoms with E-state index in [2.05, 4.69) is 51.2 Å². The zero-order valence-corrected chi connectivity index (χ0v) is 18.2. The molecule has 156 valence electrons. The van der Waals surface area contributed by atoms with Crippen LogP contribution in [0.2, 0.25) is 0 Å². The number of fused-ring (bicyclic) bond motifs is 2. The molecule has 1 heterocycles. The SMILES string of the molecule is CCC(C)N1C(=O)c2ccccc2NC1c1c(OCC(C)C)ccc2ccccc12. The molecule has 4 rings (SSSR count). The fourth-order valence-corrected chi connectivity index (χ4v) is 4.07. The second-order valence-electron chi connectivity index (χ2n) is 8.47. The Kier molecular flexibility index (Phi) is 5.67. The van der Waals surface area contributed by atoms with Gasteiger partial charge >= 0.3 is 0 Å². The average molecular weight is 403 g/mol. The van der Waals surface area contributed by atoms with Gasteiger partial charge in [0.25, 0.3) is 5.91 Å². The van der Waals surface area contributed by atoms with Crippen LogP contribution in [0, 0.1) is 5.92 Å². The van der Waals surface area contributed by atoms with Crippen molar-refractivity contribution in [1.82, 2.24) is 4.90 Å². The van der Waals surface area contributed by atoms with Crippen molar-refractivity contribution in [3.05, 3.63) is 71.8 Å². The van der Waals surface area contributed by atoms with Gasteiger partial charge in [0.05, 0.1) is 12.2 Å². The van der Waals surface area contributed by atoms with Gasteiger partial charge in [0.2, 0.25) is 0 Å². The molecule has 0 saturated heterocycles. The van der Waals surface area contributed by atoms with Crippen molar-refractivity contribution in [3.8, 4) is 5.75 Å². The Morgan fingerprint density at radius 3 is 2.50 bits per heavy atom. The normalized spacial score (nSPS) is 17.0. The highest BCUT2D eigenvalue weighted by molar-refractivity contribution is 6.02. The lowest BCUT2D eigenvalue weighted by atomic mass is 9.96. The van der Waals surface area contributed by atoms with Crippen LogP contribution in [-0.2, 0) is 0 Å². The smallest absolute Gasteiger partial charge is 0.258 e. The number of benzene rings is 3. The van der Waals surface area contributed by atoms with E-state index in [0.29, 0.717) is 12.5 Å². The van der Waals surface area contributed by atoms with Crippen LogP contribution in [0.25, 0.3) is 10.8 Å². The summed E-state index contributed by atoms with van der Waals surface area (Å²) < 4.78 is 6.27. The number of ether oxygens (including phenoxy) is 1. The summed E-state index contributed by atoms with van der Waals surface area (Å²) in [6, 6.07) is 20.3. The molecule has 1 aliphatic rings. The molecule has 4 nitrogen and oxygen atoms in total. The second kappa shape index (κ2) is 8.39. The minimum Gasteiger partial charge on any atom is -0.493 e. The number of hydrogen-bond donors (Lipinski definition) is 1. The maximum Gasteiger partial charge on any atom is 0.258 e. The summed E-state index contributed by atoms with van der Waals surface area (Å²) in [6.45, 7) is 9.15. The van der Waals surface area contributed by atoms with Crippen LogP contribution in [0.15, 0.2) is 60.7 Å². The van der Waals surface area contributed by atoms with E-state index >= 15 is 0 Å². The number of carbonyl (C=O) groups excluding carboxylic acids is 1. The highest BCUT2D eigenvalue weighted by atomic mass is 16.5. The van der Waals surface area contributed by atoms with Crippen LogP contribution in [-0.4, -0.2) is 23.5 Å². The minimum atomic E-state index is -0.296. The molecule has 0 aromatic heterocycles. The highest BCUT2D eigenvalue weighted by Gasteiger charge is 2.37. The van der Waals surface area contributed by atoms with Crippen LogP contribution >= 0.6 is 0 Å². The van der Waals surface area contributed by atoms with Crippen LogP contribution < -0.4 is 10.1 Å². The Labute approximate surface area is 178 Å². The van der Waals surface area contributed by atoms with Gasteiger partial charge in [-0.25, -0.2) is 0 Å². The fraction of sp³-hybridized carbons (Fsp3) is 0.346. The summed E-state index contributed by atoms with van der Waals surface area (Å²) in [4.78, 5) is 15.5. The first kappa shape index (κ1) is 20.3. The number of carbonyl (C=O) groups is 1. The fourth-order valence-electron chi connectivity index (χ4n) is 4.07. The molecule has 1 amide bonds. The third kappa shape index (κ3) is 3.62. The lowest BCUT2D eigenvalue weighted by molar-refractivity contribution is 0.0591. The first-order valence-corrected chi connectivity index (χ1v) is 10.8. The Morgan fingerprint density at radius 1 is 1.00 bits per heavy atom. The quantitative estimate of drug-likeness (QED) is 0.531. The predicted octanol–water partition coefficient (Wildman–Crippen LogP) is 6.24. The lowest BCUT2D eigenvalue weighted by Crippen LogP contribution is -2.47. The first-order valence-electron chi connectivity index (χ1n) is 10.8. The van der Waals surface area contributed by atoms with E-state index in [1.54, 1.807) is 0 Å². The van der Waals surface area contributed by atoms with E-state index in [-0.39, 0.29) is 18.1 Å². The van der Waals surface area contributed by atoms with Crippen LogP contribution in [0.3, 0.4) is 0 Å². The molecule has 3 aromatic carbocycles. The van der Waals surface area contributed by atoms with Crippen LogP contribution in [0.1, 0.15) is 56.2 Å². The molecule has 1 aliphatic heterocycles. The van der Waals surface area contributed by atoms with Gasteiger partial charge in [-0.05, 0) is 48.2 Å². The zero-order valence-electron chi connectivity index (χ0n) is 18.2. The molecule has 4 heteroatoms. The number of anilines is 1. The molecule has 0 spiro atoms. The molecule has 2 atom stereocenters.